The quantitative estimate of drug-likeness (QED) is 0.497. The third kappa shape index (κ3) is 4.84. The monoisotopic (exact) mass is 172 g/mol. The van der Waals surface area contributed by atoms with Crippen LogP contribution >= 0.6 is 11.6 Å². The minimum absolute atomic E-state index is 0.270. The van der Waals surface area contributed by atoms with Gasteiger partial charge in [-0.2, -0.15) is 0 Å². The van der Waals surface area contributed by atoms with Crippen LogP contribution in [0.15, 0.2) is 35.3 Å². The van der Waals surface area contributed by atoms with Crippen LogP contribution in [0.25, 0.3) is 0 Å². The number of hydrogen-bond acceptors (Lipinski definition) is 2. The third-order valence-electron chi connectivity index (χ3n) is 0.981. The summed E-state index contributed by atoms with van der Waals surface area (Å²) in [6.45, 7) is 5.16. The Hall–Kier alpha value is -0.505. The highest BCUT2D eigenvalue weighted by atomic mass is 35.5. The molecule has 2 N–H and O–H groups in total. The lowest BCUT2D eigenvalue weighted by Gasteiger charge is -1.97. The number of allylic oxidation sites excluding steroid dienone is 5. The molecule has 0 unspecified atom stereocenters. The van der Waals surface area contributed by atoms with E-state index in [1.165, 1.54) is 6.08 Å². The Bertz CT molecular complexity index is 197. The molecule has 0 fully saturated rings. The fourth-order valence-electron chi connectivity index (χ4n) is 0.582. The highest BCUT2D eigenvalue weighted by Crippen LogP contribution is 2.06. The van der Waals surface area contributed by atoms with E-state index in [4.69, 9.17) is 21.6 Å². The molecule has 11 heavy (non-hydrogen) atoms. The maximum absolute atomic E-state index is 8.73. The van der Waals surface area contributed by atoms with Gasteiger partial charge in [0, 0.05) is 5.03 Å². The first-order valence-electron chi connectivity index (χ1n) is 3.12. The Labute approximate surface area is 71.6 Å². The summed E-state index contributed by atoms with van der Waals surface area (Å²) in [5.41, 5.74) is 0.326. The van der Waals surface area contributed by atoms with Crippen LogP contribution in [0.5, 0.6) is 0 Å². The Kier molecular flexibility index (Phi) is 4.95. The number of rotatable bonds is 3. The van der Waals surface area contributed by atoms with Gasteiger partial charge in [-0.1, -0.05) is 30.3 Å². The van der Waals surface area contributed by atoms with Crippen molar-refractivity contribution in [1.82, 2.24) is 0 Å². The van der Waals surface area contributed by atoms with Crippen molar-refractivity contribution in [3.05, 3.63) is 35.3 Å². The van der Waals surface area contributed by atoms with Gasteiger partial charge in [0.1, 0.15) is 0 Å². The Morgan fingerprint density at radius 3 is 2.36 bits per heavy atom. The molecule has 60 valence electrons. The topological polar surface area (TPSA) is 40.5 Å². The molecule has 0 aliphatic rings. The second-order valence-corrected chi connectivity index (χ2v) is 2.45. The van der Waals surface area contributed by atoms with Crippen molar-refractivity contribution in [2.24, 2.45) is 0 Å². The van der Waals surface area contributed by atoms with Crippen LogP contribution in [0.2, 0.25) is 0 Å². The van der Waals surface area contributed by atoms with Gasteiger partial charge in [0.25, 0.3) is 0 Å². The molecule has 0 aromatic heterocycles. The van der Waals surface area contributed by atoms with Crippen LogP contribution in [-0.4, -0.2) is 17.2 Å². The third-order valence-corrected chi connectivity index (χ3v) is 1.09. The lowest BCUT2D eigenvalue weighted by Crippen LogP contribution is -2.13. The molecule has 0 spiro atoms. The molecule has 0 aromatic carbocycles. The van der Waals surface area contributed by atoms with Crippen molar-refractivity contribution in [2.45, 2.75) is 6.92 Å². The molecular weight excluding hydrogens is 162 g/mol. The minimum Gasteiger partial charge on any atom is -0.423 e. The van der Waals surface area contributed by atoms with Gasteiger partial charge >= 0.3 is 7.12 Å². The molecule has 0 aromatic rings. The minimum atomic E-state index is -1.50. The van der Waals surface area contributed by atoms with E-state index in [2.05, 4.69) is 6.58 Å². The van der Waals surface area contributed by atoms with Crippen LogP contribution in [0.4, 0.5) is 0 Å². The van der Waals surface area contributed by atoms with Crippen molar-refractivity contribution in [3.8, 4) is 0 Å². The van der Waals surface area contributed by atoms with Gasteiger partial charge < -0.3 is 10.0 Å². The molecule has 0 bridgehead atoms. The predicted octanol–water partition coefficient (Wildman–Crippen LogP) is 1.25. The highest BCUT2D eigenvalue weighted by Gasteiger charge is 2.10. The standard InChI is InChI=1S/C7H10BClO2/c1-3-4-7(8(10)11)5-6(2)9/h3-5,10-11H,2H2,1H3/b4-3-,7-5+. The first kappa shape index (κ1) is 10.5. The average molecular weight is 172 g/mol. The van der Waals surface area contributed by atoms with Crippen molar-refractivity contribution in [1.29, 1.82) is 0 Å². The maximum Gasteiger partial charge on any atom is 0.488 e. The predicted molar refractivity (Wildman–Crippen MR) is 48.1 cm³/mol. The second kappa shape index (κ2) is 5.19. The number of hydrogen-bond donors (Lipinski definition) is 2. The van der Waals surface area contributed by atoms with E-state index >= 15 is 0 Å². The maximum atomic E-state index is 8.73. The van der Waals surface area contributed by atoms with E-state index in [0.29, 0.717) is 5.47 Å². The largest absolute Gasteiger partial charge is 0.488 e. The molecule has 0 rings (SSSR count). The normalized spacial score (nSPS) is 12.2. The van der Waals surface area contributed by atoms with E-state index in [0.717, 1.165) is 0 Å². The molecule has 0 amide bonds. The van der Waals surface area contributed by atoms with Gasteiger partial charge in [-0.25, -0.2) is 0 Å². The molecular formula is C7H10BClO2. The summed E-state index contributed by atoms with van der Waals surface area (Å²) in [5.74, 6) is 0. The summed E-state index contributed by atoms with van der Waals surface area (Å²) in [6, 6.07) is 0. The molecule has 0 saturated carbocycles. The molecule has 0 heterocycles. The van der Waals surface area contributed by atoms with E-state index in [1.54, 1.807) is 19.1 Å². The Morgan fingerprint density at radius 1 is 1.55 bits per heavy atom. The van der Waals surface area contributed by atoms with Gasteiger partial charge in [-0.05, 0) is 18.5 Å². The average Bonchev–Trinajstić information content (AvgIpc) is 1.86. The fourth-order valence-corrected chi connectivity index (χ4v) is 0.708. The van der Waals surface area contributed by atoms with E-state index in [-0.39, 0.29) is 5.03 Å². The molecule has 0 aliphatic heterocycles. The van der Waals surface area contributed by atoms with Crippen molar-refractivity contribution in [2.75, 3.05) is 0 Å². The van der Waals surface area contributed by atoms with E-state index < -0.39 is 7.12 Å². The van der Waals surface area contributed by atoms with Crippen molar-refractivity contribution < 1.29 is 10.0 Å². The van der Waals surface area contributed by atoms with Gasteiger partial charge in [0.15, 0.2) is 0 Å². The summed E-state index contributed by atoms with van der Waals surface area (Å²) >= 11 is 5.43. The van der Waals surface area contributed by atoms with Crippen LogP contribution in [0, 0.1) is 0 Å². The van der Waals surface area contributed by atoms with Gasteiger partial charge in [-0.3, -0.25) is 0 Å². The molecule has 0 atom stereocenters. The zero-order valence-corrected chi connectivity index (χ0v) is 7.04. The summed E-state index contributed by atoms with van der Waals surface area (Å²) in [5, 5.41) is 17.7. The second-order valence-electron chi connectivity index (χ2n) is 1.96. The lowest BCUT2D eigenvalue weighted by molar-refractivity contribution is 0.420. The molecule has 0 aliphatic carbocycles. The Morgan fingerprint density at radius 2 is 2.09 bits per heavy atom. The van der Waals surface area contributed by atoms with Crippen LogP contribution in [-0.2, 0) is 0 Å². The molecule has 4 heteroatoms. The number of halogens is 1. The van der Waals surface area contributed by atoms with Gasteiger partial charge in [0.2, 0.25) is 0 Å². The molecule has 0 radical (unpaired) electrons. The highest BCUT2D eigenvalue weighted by molar-refractivity contribution is 6.52. The zero-order chi connectivity index (χ0) is 8.85. The summed E-state index contributed by atoms with van der Waals surface area (Å²) in [6.07, 6.45) is 4.63. The van der Waals surface area contributed by atoms with Crippen LogP contribution in [0.3, 0.4) is 0 Å². The fraction of sp³-hybridized carbons (Fsp3) is 0.143. The first-order valence-corrected chi connectivity index (χ1v) is 3.50. The van der Waals surface area contributed by atoms with Crippen molar-refractivity contribution >= 4 is 18.7 Å². The van der Waals surface area contributed by atoms with Gasteiger partial charge in [-0.15, -0.1) is 0 Å². The lowest BCUT2D eigenvalue weighted by atomic mass is 9.79. The van der Waals surface area contributed by atoms with E-state index in [1.807, 2.05) is 0 Å². The summed E-state index contributed by atoms with van der Waals surface area (Å²) < 4.78 is 0. The van der Waals surface area contributed by atoms with Crippen molar-refractivity contribution in [3.63, 3.8) is 0 Å². The first-order chi connectivity index (χ1) is 5.07. The van der Waals surface area contributed by atoms with Crippen LogP contribution in [0.1, 0.15) is 6.92 Å². The van der Waals surface area contributed by atoms with E-state index in [9.17, 15) is 0 Å². The van der Waals surface area contributed by atoms with Crippen LogP contribution < -0.4 is 0 Å². The Balaban J connectivity index is 4.46. The van der Waals surface area contributed by atoms with Gasteiger partial charge in [0.05, 0.1) is 0 Å². The molecule has 0 saturated heterocycles. The zero-order valence-electron chi connectivity index (χ0n) is 6.29. The summed E-state index contributed by atoms with van der Waals surface area (Å²) in [4.78, 5) is 0. The molecule has 2 nitrogen and oxygen atoms in total. The smallest absolute Gasteiger partial charge is 0.423 e. The SMILES string of the molecule is C=C(Cl)/C=C(\C=C/C)B(O)O. The summed E-state index contributed by atoms with van der Waals surface area (Å²) in [7, 11) is -1.50.